The SMILES string of the molecule is CC(C)Cn1ncc2cc(-c3nc(C4(N)CCCC4)no3)cnc21.Cl. The van der Waals surface area contributed by atoms with Gasteiger partial charge in [-0.15, -0.1) is 12.4 Å². The van der Waals surface area contributed by atoms with E-state index in [2.05, 4.69) is 34.1 Å². The van der Waals surface area contributed by atoms with Gasteiger partial charge in [0.25, 0.3) is 5.89 Å². The molecule has 2 N–H and O–H groups in total. The van der Waals surface area contributed by atoms with Crippen LogP contribution in [0.15, 0.2) is 23.0 Å². The Morgan fingerprint density at radius 2 is 2.04 bits per heavy atom. The maximum absolute atomic E-state index is 6.40. The summed E-state index contributed by atoms with van der Waals surface area (Å²) < 4.78 is 7.37. The van der Waals surface area contributed by atoms with E-state index < -0.39 is 5.54 Å². The van der Waals surface area contributed by atoms with Gasteiger partial charge in [-0.25, -0.2) is 9.67 Å². The number of halogens is 1. The monoisotopic (exact) mass is 362 g/mol. The molecule has 0 saturated heterocycles. The number of hydrogen-bond acceptors (Lipinski definition) is 6. The van der Waals surface area contributed by atoms with Crippen LogP contribution in [0.25, 0.3) is 22.5 Å². The van der Waals surface area contributed by atoms with Gasteiger partial charge in [0.05, 0.1) is 17.3 Å². The molecule has 7 nitrogen and oxygen atoms in total. The first-order chi connectivity index (χ1) is 11.5. The molecule has 0 spiro atoms. The molecule has 134 valence electrons. The second-order valence-corrected chi connectivity index (χ2v) is 7.14. The van der Waals surface area contributed by atoms with Crippen LogP contribution in [0.1, 0.15) is 45.4 Å². The van der Waals surface area contributed by atoms with Crippen molar-refractivity contribution in [2.45, 2.75) is 51.6 Å². The normalized spacial score (nSPS) is 16.5. The fraction of sp³-hybridized carbons (Fsp3) is 0.529. The summed E-state index contributed by atoms with van der Waals surface area (Å²) in [5, 5.41) is 9.50. The summed E-state index contributed by atoms with van der Waals surface area (Å²) in [5.41, 5.74) is 7.63. The first kappa shape index (κ1) is 17.8. The van der Waals surface area contributed by atoms with Crippen LogP contribution in [-0.4, -0.2) is 24.9 Å². The number of rotatable bonds is 4. The Labute approximate surface area is 152 Å². The van der Waals surface area contributed by atoms with Crippen LogP contribution in [0.4, 0.5) is 0 Å². The van der Waals surface area contributed by atoms with E-state index in [-0.39, 0.29) is 12.4 Å². The van der Waals surface area contributed by atoms with Crippen molar-refractivity contribution in [1.82, 2.24) is 24.9 Å². The Morgan fingerprint density at radius 3 is 2.76 bits per heavy atom. The van der Waals surface area contributed by atoms with Crippen molar-refractivity contribution in [3.63, 3.8) is 0 Å². The summed E-state index contributed by atoms with van der Waals surface area (Å²) in [6.07, 6.45) is 7.63. The quantitative estimate of drug-likeness (QED) is 0.765. The summed E-state index contributed by atoms with van der Waals surface area (Å²) in [5.74, 6) is 1.58. The van der Waals surface area contributed by atoms with E-state index in [9.17, 15) is 0 Å². The highest BCUT2D eigenvalue weighted by Gasteiger charge is 2.36. The summed E-state index contributed by atoms with van der Waals surface area (Å²) >= 11 is 0. The Kier molecular flexibility index (Phi) is 4.79. The van der Waals surface area contributed by atoms with Crippen LogP contribution in [0, 0.1) is 5.92 Å². The number of hydrogen-bond donors (Lipinski definition) is 1. The summed E-state index contributed by atoms with van der Waals surface area (Å²) in [6.45, 7) is 5.16. The zero-order chi connectivity index (χ0) is 16.7. The fourth-order valence-corrected chi connectivity index (χ4v) is 3.34. The number of fused-ring (bicyclic) bond motifs is 1. The molecule has 0 atom stereocenters. The lowest BCUT2D eigenvalue weighted by molar-refractivity contribution is 0.372. The minimum atomic E-state index is -0.443. The molecule has 3 aromatic rings. The van der Waals surface area contributed by atoms with Crippen LogP contribution in [-0.2, 0) is 12.1 Å². The van der Waals surface area contributed by atoms with Gasteiger partial charge in [0.1, 0.15) is 0 Å². The predicted molar refractivity (Wildman–Crippen MR) is 97.2 cm³/mol. The molecular weight excluding hydrogens is 340 g/mol. The van der Waals surface area contributed by atoms with Gasteiger partial charge in [0.2, 0.25) is 0 Å². The Bertz CT molecular complexity index is 865. The third-order valence-electron chi connectivity index (χ3n) is 4.63. The third-order valence-corrected chi connectivity index (χ3v) is 4.63. The first-order valence-electron chi connectivity index (χ1n) is 8.50. The van der Waals surface area contributed by atoms with E-state index in [1.54, 1.807) is 6.20 Å². The average molecular weight is 363 g/mol. The molecule has 8 heteroatoms. The highest BCUT2D eigenvalue weighted by molar-refractivity contribution is 5.85. The van der Waals surface area contributed by atoms with Crippen LogP contribution >= 0.6 is 12.4 Å². The zero-order valence-electron chi connectivity index (χ0n) is 14.5. The van der Waals surface area contributed by atoms with Crippen LogP contribution < -0.4 is 5.73 Å². The Balaban J connectivity index is 0.00000182. The number of aromatic nitrogens is 5. The van der Waals surface area contributed by atoms with Crippen molar-refractivity contribution in [3.05, 3.63) is 24.3 Å². The maximum atomic E-state index is 6.40. The van der Waals surface area contributed by atoms with Crippen LogP contribution in [0.2, 0.25) is 0 Å². The molecule has 1 aliphatic rings. The number of nitrogens with two attached hydrogens (primary N) is 1. The Morgan fingerprint density at radius 1 is 1.28 bits per heavy atom. The van der Waals surface area contributed by atoms with E-state index in [4.69, 9.17) is 10.3 Å². The highest BCUT2D eigenvalue weighted by atomic mass is 35.5. The second-order valence-electron chi connectivity index (χ2n) is 7.14. The molecule has 0 unspecified atom stereocenters. The van der Waals surface area contributed by atoms with Crippen LogP contribution in [0.5, 0.6) is 0 Å². The third kappa shape index (κ3) is 3.26. The van der Waals surface area contributed by atoms with Crippen molar-refractivity contribution in [2.75, 3.05) is 0 Å². The standard InChI is InChI=1S/C17H22N6O.ClH/c1-11(2)10-23-14-12(9-20-23)7-13(8-19-14)15-21-16(22-24-15)17(18)5-3-4-6-17;/h7-9,11H,3-6,10,18H2,1-2H3;1H. The van der Waals surface area contributed by atoms with Gasteiger partial charge in [-0.05, 0) is 24.8 Å². The number of pyridine rings is 1. The van der Waals surface area contributed by atoms with Crippen molar-refractivity contribution in [2.24, 2.45) is 11.7 Å². The van der Waals surface area contributed by atoms with Gasteiger partial charge >= 0.3 is 0 Å². The van der Waals surface area contributed by atoms with E-state index in [0.717, 1.165) is 48.8 Å². The lowest BCUT2D eigenvalue weighted by Gasteiger charge is -2.17. The van der Waals surface area contributed by atoms with Gasteiger partial charge < -0.3 is 10.3 Å². The molecule has 1 aliphatic carbocycles. The summed E-state index contributed by atoms with van der Waals surface area (Å²) in [4.78, 5) is 9.06. The lowest BCUT2D eigenvalue weighted by Crippen LogP contribution is -2.34. The van der Waals surface area contributed by atoms with E-state index in [1.807, 2.05) is 16.9 Å². The zero-order valence-corrected chi connectivity index (χ0v) is 15.3. The van der Waals surface area contributed by atoms with Gasteiger partial charge in [-0.1, -0.05) is 31.8 Å². The van der Waals surface area contributed by atoms with E-state index >= 15 is 0 Å². The smallest absolute Gasteiger partial charge is 0.259 e. The predicted octanol–water partition coefficient (Wildman–Crippen LogP) is 3.29. The summed E-state index contributed by atoms with van der Waals surface area (Å²) in [6, 6.07) is 1.99. The molecule has 0 radical (unpaired) electrons. The average Bonchev–Trinajstić information content (AvgIpc) is 3.26. The van der Waals surface area contributed by atoms with E-state index in [0.29, 0.717) is 17.6 Å². The maximum Gasteiger partial charge on any atom is 0.259 e. The molecule has 3 heterocycles. The fourth-order valence-electron chi connectivity index (χ4n) is 3.34. The molecule has 0 amide bonds. The topological polar surface area (TPSA) is 95.7 Å². The Hall–Kier alpha value is -1.99. The van der Waals surface area contributed by atoms with Gasteiger partial charge in [0.15, 0.2) is 11.5 Å². The second kappa shape index (κ2) is 6.72. The van der Waals surface area contributed by atoms with Gasteiger partial charge in [-0.3, -0.25) is 0 Å². The number of nitrogens with zero attached hydrogens (tertiary/aromatic N) is 5. The minimum absolute atomic E-state index is 0. The van der Waals surface area contributed by atoms with Crippen molar-refractivity contribution in [1.29, 1.82) is 0 Å². The molecule has 0 aliphatic heterocycles. The molecule has 1 fully saturated rings. The van der Waals surface area contributed by atoms with Crippen LogP contribution in [0.3, 0.4) is 0 Å². The molecule has 4 rings (SSSR count). The first-order valence-corrected chi connectivity index (χ1v) is 8.50. The molecule has 0 bridgehead atoms. The molecule has 25 heavy (non-hydrogen) atoms. The lowest BCUT2D eigenvalue weighted by atomic mass is 9.99. The largest absolute Gasteiger partial charge is 0.334 e. The van der Waals surface area contributed by atoms with E-state index in [1.165, 1.54) is 0 Å². The highest BCUT2D eigenvalue weighted by Crippen LogP contribution is 2.35. The van der Waals surface area contributed by atoms with Crippen molar-refractivity contribution in [3.8, 4) is 11.5 Å². The summed E-state index contributed by atoms with van der Waals surface area (Å²) in [7, 11) is 0. The molecule has 3 aromatic heterocycles. The van der Waals surface area contributed by atoms with Crippen molar-refractivity contribution >= 4 is 23.4 Å². The van der Waals surface area contributed by atoms with Gasteiger partial charge in [0, 0.05) is 18.1 Å². The molecular formula is C17H23ClN6O. The van der Waals surface area contributed by atoms with Crippen molar-refractivity contribution < 1.29 is 4.52 Å². The van der Waals surface area contributed by atoms with Gasteiger partial charge in [-0.2, -0.15) is 10.1 Å². The molecule has 1 saturated carbocycles. The minimum Gasteiger partial charge on any atom is -0.334 e. The molecule has 0 aromatic carbocycles.